The number of amides is 1. The highest BCUT2D eigenvalue weighted by molar-refractivity contribution is 7.99. The van der Waals surface area contributed by atoms with Crippen molar-refractivity contribution >= 4 is 29.3 Å². The standard InChI is InChI=1S/C16H20N2O6S/c1-24-14-5-2-10(6-13(14)18(22)23)8-25-9-15(19)17-12-4-3-11(7-12)16(20)21/h2,5-6,11-12H,3-4,7-9H2,1H3,(H,17,19)(H,20,21)/t11-,12+/m1/s1. The summed E-state index contributed by atoms with van der Waals surface area (Å²) >= 11 is 1.35. The number of thioether (sulfide) groups is 1. The summed E-state index contributed by atoms with van der Waals surface area (Å²) < 4.78 is 4.95. The fraction of sp³-hybridized carbons (Fsp3) is 0.500. The van der Waals surface area contributed by atoms with Crippen LogP contribution in [0.5, 0.6) is 5.75 Å². The Balaban J connectivity index is 1.79. The molecule has 0 aromatic heterocycles. The molecule has 1 fully saturated rings. The van der Waals surface area contributed by atoms with Gasteiger partial charge in [-0.05, 0) is 30.9 Å². The van der Waals surface area contributed by atoms with Gasteiger partial charge in [0.05, 0.1) is 23.7 Å². The van der Waals surface area contributed by atoms with Crippen molar-refractivity contribution < 1.29 is 24.4 Å². The van der Waals surface area contributed by atoms with Crippen LogP contribution in [0.15, 0.2) is 18.2 Å². The van der Waals surface area contributed by atoms with Crippen molar-refractivity contribution in [2.75, 3.05) is 12.9 Å². The quantitative estimate of drug-likeness (QED) is 0.533. The molecule has 2 rings (SSSR count). The summed E-state index contributed by atoms with van der Waals surface area (Å²) in [6.45, 7) is 0. The van der Waals surface area contributed by atoms with Gasteiger partial charge in [-0.3, -0.25) is 19.7 Å². The van der Waals surface area contributed by atoms with E-state index in [1.54, 1.807) is 12.1 Å². The molecule has 136 valence electrons. The summed E-state index contributed by atoms with van der Waals surface area (Å²) in [7, 11) is 1.37. The first-order valence-electron chi connectivity index (χ1n) is 7.82. The van der Waals surface area contributed by atoms with Crippen molar-refractivity contribution in [2.45, 2.75) is 31.1 Å². The van der Waals surface area contributed by atoms with Gasteiger partial charge in [-0.1, -0.05) is 6.07 Å². The maximum atomic E-state index is 11.9. The predicted molar refractivity (Wildman–Crippen MR) is 92.7 cm³/mol. The largest absolute Gasteiger partial charge is 0.490 e. The molecular weight excluding hydrogens is 348 g/mol. The zero-order valence-electron chi connectivity index (χ0n) is 13.8. The summed E-state index contributed by atoms with van der Waals surface area (Å²) in [5, 5.41) is 22.8. The van der Waals surface area contributed by atoms with Gasteiger partial charge in [-0.25, -0.2) is 0 Å². The number of nitro benzene ring substituents is 1. The molecule has 2 N–H and O–H groups in total. The minimum absolute atomic E-state index is 0.0868. The lowest BCUT2D eigenvalue weighted by Gasteiger charge is -2.12. The number of carboxylic acids is 1. The maximum Gasteiger partial charge on any atom is 0.311 e. The van der Waals surface area contributed by atoms with Crippen LogP contribution in [0.4, 0.5) is 5.69 Å². The minimum Gasteiger partial charge on any atom is -0.490 e. The van der Waals surface area contributed by atoms with Crippen molar-refractivity contribution in [3.05, 3.63) is 33.9 Å². The second kappa shape index (κ2) is 8.70. The Kier molecular flexibility index (Phi) is 6.63. The van der Waals surface area contributed by atoms with E-state index in [2.05, 4.69) is 5.32 Å². The van der Waals surface area contributed by atoms with Crippen molar-refractivity contribution in [3.8, 4) is 5.75 Å². The molecule has 1 aliphatic rings. The topological polar surface area (TPSA) is 119 Å². The van der Waals surface area contributed by atoms with Crippen LogP contribution in [0.25, 0.3) is 0 Å². The lowest BCUT2D eigenvalue weighted by Crippen LogP contribution is -2.34. The molecular formula is C16H20N2O6S. The maximum absolute atomic E-state index is 11.9. The molecule has 0 saturated heterocycles. The van der Waals surface area contributed by atoms with Crippen LogP contribution in [-0.2, 0) is 15.3 Å². The minimum atomic E-state index is -0.813. The molecule has 0 unspecified atom stereocenters. The van der Waals surface area contributed by atoms with Gasteiger partial charge in [0.2, 0.25) is 5.91 Å². The molecule has 0 bridgehead atoms. The Morgan fingerprint density at radius 1 is 1.44 bits per heavy atom. The van der Waals surface area contributed by atoms with Gasteiger partial charge in [0.15, 0.2) is 5.75 Å². The number of aliphatic carboxylic acids is 1. The fourth-order valence-corrected chi connectivity index (χ4v) is 3.62. The van der Waals surface area contributed by atoms with E-state index in [1.165, 1.54) is 24.9 Å². The van der Waals surface area contributed by atoms with E-state index < -0.39 is 10.9 Å². The number of rotatable bonds is 8. The van der Waals surface area contributed by atoms with E-state index in [9.17, 15) is 19.7 Å². The van der Waals surface area contributed by atoms with Crippen LogP contribution in [-0.4, -0.2) is 40.8 Å². The first-order chi connectivity index (χ1) is 11.9. The number of carbonyl (C=O) groups is 2. The number of ether oxygens (including phenoxy) is 1. The summed E-state index contributed by atoms with van der Waals surface area (Å²) in [5.74, 6) is -0.464. The number of carbonyl (C=O) groups excluding carboxylic acids is 1. The normalized spacial score (nSPS) is 19.4. The zero-order chi connectivity index (χ0) is 18.4. The molecule has 25 heavy (non-hydrogen) atoms. The van der Waals surface area contributed by atoms with Crippen LogP contribution < -0.4 is 10.1 Å². The molecule has 8 nitrogen and oxygen atoms in total. The molecule has 1 aromatic rings. The van der Waals surface area contributed by atoms with E-state index in [4.69, 9.17) is 9.84 Å². The first kappa shape index (κ1) is 19.0. The number of carboxylic acid groups (broad SMARTS) is 1. The lowest BCUT2D eigenvalue weighted by atomic mass is 10.1. The monoisotopic (exact) mass is 368 g/mol. The van der Waals surface area contributed by atoms with Crippen molar-refractivity contribution in [2.24, 2.45) is 5.92 Å². The number of hydrogen-bond donors (Lipinski definition) is 2. The molecule has 1 aromatic carbocycles. The smallest absolute Gasteiger partial charge is 0.311 e. The Morgan fingerprint density at radius 2 is 2.20 bits per heavy atom. The predicted octanol–water partition coefficient (Wildman–Crippen LogP) is 2.21. The van der Waals surface area contributed by atoms with Gasteiger partial charge >= 0.3 is 11.7 Å². The molecule has 2 atom stereocenters. The highest BCUT2D eigenvalue weighted by atomic mass is 32.2. The van der Waals surface area contributed by atoms with Crippen LogP contribution in [0.2, 0.25) is 0 Å². The first-order valence-corrected chi connectivity index (χ1v) is 8.97. The van der Waals surface area contributed by atoms with Gasteiger partial charge in [-0.2, -0.15) is 0 Å². The fourth-order valence-electron chi connectivity index (χ4n) is 2.84. The summed E-state index contributed by atoms with van der Waals surface area (Å²) in [5.41, 5.74) is 0.632. The highest BCUT2D eigenvalue weighted by Gasteiger charge is 2.30. The van der Waals surface area contributed by atoms with E-state index in [1.807, 2.05) is 0 Å². The molecule has 0 heterocycles. The van der Waals surface area contributed by atoms with Gasteiger partial charge < -0.3 is 15.2 Å². The second-order valence-corrected chi connectivity index (χ2v) is 6.85. The zero-order valence-corrected chi connectivity index (χ0v) is 14.6. The number of benzene rings is 1. The van der Waals surface area contributed by atoms with E-state index in [0.717, 1.165) is 5.56 Å². The van der Waals surface area contributed by atoms with Gasteiger partial charge in [0.25, 0.3) is 0 Å². The summed E-state index contributed by atoms with van der Waals surface area (Å²) in [6.07, 6.45) is 1.73. The number of nitrogens with zero attached hydrogens (tertiary/aromatic N) is 1. The lowest BCUT2D eigenvalue weighted by molar-refractivity contribution is -0.385. The Labute approximate surface area is 149 Å². The van der Waals surface area contributed by atoms with E-state index in [-0.39, 0.29) is 35.1 Å². The summed E-state index contributed by atoms with van der Waals surface area (Å²) in [4.78, 5) is 33.3. The molecule has 0 aliphatic heterocycles. The van der Waals surface area contributed by atoms with Gasteiger partial charge in [-0.15, -0.1) is 11.8 Å². The third-order valence-electron chi connectivity index (χ3n) is 4.09. The van der Waals surface area contributed by atoms with Gasteiger partial charge in [0, 0.05) is 17.9 Å². The number of hydrogen-bond acceptors (Lipinski definition) is 6. The average molecular weight is 368 g/mol. The number of nitrogens with one attached hydrogen (secondary N) is 1. The van der Waals surface area contributed by atoms with Crippen molar-refractivity contribution in [1.82, 2.24) is 5.32 Å². The third kappa shape index (κ3) is 5.35. The third-order valence-corrected chi connectivity index (χ3v) is 5.09. The van der Waals surface area contributed by atoms with E-state index in [0.29, 0.717) is 25.0 Å². The number of methoxy groups -OCH3 is 1. The molecule has 1 aliphatic carbocycles. The molecule has 9 heteroatoms. The Hall–Kier alpha value is -2.29. The van der Waals surface area contributed by atoms with Crippen LogP contribution >= 0.6 is 11.8 Å². The van der Waals surface area contributed by atoms with Crippen LogP contribution in [0.1, 0.15) is 24.8 Å². The highest BCUT2D eigenvalue weighted by Crippen LogP contribution is 2.29. The average Bonchev–Trinajstić information content (AvgIpc) is 3.03. The van der Waals surface area contributed by atoms with Crippen LogP contribution in [0.3, 0.4) is 0 Å². The molecule has 0 spiro atoms. The Bertz CT molecular complexity index is 666. The Morgan fingerprint density at radius 3 is 2.80 bits per heavy atom. The molecule has 1 amide bonds. The van der Waals surface area contributed by atoms with Crippen LogP contribution in [0, 0.1) is 16.0 Å². The second-order valence-electron chi connectivity index (χ2n) is 5.87. The van der Waals surface area contributed by atoms with Crippen molar-refractivity contribution in [3.63, 3.8) is 0 Å². The van der Waals surface area contributed by atoms with Gasteiger partial charge in [0.1, 0.15) is 0 Å². The number of nitro groups is 1. The molecule has 0 radical (unpaired) electrons. The SMILES string of the molecule is COc1ccc(CSCC(=O)N[C@H]2CC[C@@H](C(=O)O)C2)cc1[N+](=O)[O-]. The van der Waals surface area contributed by atoms with Crippen molar-refractivity contribution in [1.29, 1.82) is 0 Å². The molecule has 1 saturated carbocycles. The summed E-state index contributed by atoms with van der Waals surface area (Å²) in [6, 6.07) is 4.62. The van der Waals surface area contributed by atoms with E-state index >= 15 is 0 Å².